The minimum Gasteiger partial charge on any atom is -0.369 e. The van der Waals surface area contributed by atoms with Crippen LogP contribution >= 0.6 is 15.9 Å². The van der Waals surface area contributed by atoms with E-state index in [0.29, 0.717) is 6.04 Å². The molecule has 1 aromatic carbocycles. The van der Waals surface area contributed by atoms with E-state index < -0.39 is 0 Å². The van der Waals surface area contributed by atoms with Gasteiger partial charge in [-0.3, -0.25) is 0 Å². The molecule has 2 rings (SSSR count). The topological polar surface area (TPSA) is 18.5 Å². The minimum atomic E-state index is 0.533. The predicted octanol–water partition coefficient (Wildman–Crippen LogP) is 2.49. The van der Waals surface area contributed by atoms with Crippen molar-refractivity contribution in [3.63, 3.8) is 0 Å². The Bertz CT molecular complexity index is 420. The van der Waals surface area contributed by atoms with Gasteiger partial charge in [-0.05, 0) is 67.6 Å². The van der Waals surface area contributed by atoms with E-state index in [1.54, 1.807) is 0 Å². The number of rotatable bonds is 3. The molecule has 1 atom stereocenters. The standard InChI is InChI=1S/C15H24BrN3/c1-12-5-6-15(14(16)9-12)19-8-4-7-17-13(11-19)10-18(2)3/h5-6,9,13,17H,4,7-8,10-11H2,1-3H3. The van der Waals surface area contributed by atoms with Gasteiger partial charge in [-0.2, -0.15) is 0 Å². The van der Waals surface area contributed by atoms with E-state index >= 15 is 0 Å². The minimum absolute atomic E-state index is 0.533. The molecule has 106 valence electrons. The van der Waals surface area contributed by atoms with E-state index in [2.05, 4.69) is 70.3 Å². The van der Waals surface area contributed by atoms with E-state index in [-0.39, 0.29) is 0 Å². The predicted molar refractivity (Wildman–Crippen MR) is 86.1 cm³/mol. The zero-order chi connectivity index (χ0) is 13.8. The highest BCUT2D eigenvalue weighted by atomic mass is 79.9. The summed E-state index contributed by atoms with van der Waals surface area (Å²) in [7, 11) is 4.28. The first-order chi connectivity index (χ1) is 9.06. The average Bonchev–Trinajstić information content (AvgIpc) is 2.53. The highest BCUT2D eigenvalue weighted by Gasteiger charge is 2.19. The Kier molecular flexibility index (Phi) is 5.25. The average molecular weight is 326 g/mol. The number of aryl methyl sites for hydroxylation is 1. The Morgan fingerprint density at radius 2 is 2.21 bits per heavy atom. The fraction of sp³-hybridized carbons (Fsp3) is 0.600. The molecule has 0 amide bonds. The molecule has 0 bridgehead atoms. The molecule has 1 heterocycles. The van der Waals surface area contributed by atoms with E-state index in [1.807, 2.05) is 0 Å². The smallest absolute Gasteiger partial charge is 0.0511 e. The van der Waals surface area contributed by atoms with Gasteiger partial charge in [-0.15, -0.1) is 0 Å². The van der Waals surface area contributed by atoms with Crippen molar-refractivity contribution in [3.8, 4) is 0 Å². The third kappa shape index (κ3) is 4.20. The lowest BCUT2D eigenvalue weighted by atomic mass is 10.2. The van der Waals surface area contributed by atoms with Gasteiger partial charge in [0.15, 0.2) is 0 Å². The third-order valence-corrected chi connectivity index (χ3v) is 4.14. The highest BCUT2D eigenvalue weighted by Crippen LogP contribution is 2.28. The van der Waals surface area contributed by atoms with Crippen LogP contribution < -0.4 is 10.2 Å². The lowest BCUT2D eigenvalue weighted by Gasteiger charge is -2.29. The zero-order valence-corrected chi connectivity index (χ0v) is 13.7. The summed E-state index contributed by atoms with van der Waals surface area (Å²) in [6.45, 7) is 6.52. The SMILES string of the molecule is Cc1ccc(N2CCCNC(CN(C)C)C2)c(Br)c1. The summed E-state index contributed by atoms with van der Waals surface area (Å²) in [5, 5.41) is 3.64. The second-order valence-electron chi connectivity index (χ2n) is 5.67. The number of likely N-dealkylation sites (N-methyl/N-ethyl adjacent to an activating group) is 1. The maximum atomic E-state index is 3.71. The number of hydrogen-bond donors (Lipinski definition) is 1. The van der Waals surface area contributed by atoms with Crippen LogP contribution in [-0.4, -0.2) is 51.2 Å². The monoisotopic (exact) mass is 325 g/mol. The molecule has 0 saturated carbocycles. The summed E-state index contributed by atoms with van der Waals surface area (Å²) in [6, 6.07) is 7.16. The molecule has 1 saturated heterocycles. The van der Waals surface area contributed by atoms with E-state index in [9.17, 15) is 0 Å². The molecule has 1 aliphatic rings. The van der Waals surface area contributed by atoms with Crippen LogP contribution in [0.25, 0.3) is 0 Å². The van der Waals surface area contributed by atoms with Crippen molar-refractivity contribution < 1.29 is 0 Å². The van der Waals surface area contributed by atoms with Crippen molar-refractivity contribution in [2.45, 2.75) is 19.4 Å². The van der Waals surface area contributed by atoms with Crippen LogP contribution in [0.3, 0.4) is 0 Å². The summed E-state index contributed by atoms with van der Waals surface area (Å²) < 4.78 is 1.21. The molecule has 1 unspecified atom stereocenters. The van der Waals surface area contributed by atoms with E-state index in [0.717, 1.165) is 26.2 Å². The Labute approximate surface area is 125 Å². The summed E-state index contributed by atoms with van der Waals surface area (Å²) in [5.41, 5.74) is 2.62. The van der Waals surface area contributed by atoms with Gasteiger partial charge in [-0.25, -0.2) is 0 Å². The van der Waals surface area contributed by atoms with Crippen LogP contribution in [0.4, 0.5) is 5.69 Å². The van der Waals surface area contributed by atoms with Gasteiger partial charge in [-0.1, -0.05) is 6.07 Å². The van der Waals surface area contributed by atoms with Crippen LogP contribution in [0.15, 0.2) is 22.7 Å². The summed E-state index contributed by atoms with van der Waals surface area (Å²) in [6.07, 6.45) is 1.20. The van der Waals surface area contributed by atoms with Gasteiger partial charge < -0.3 is 15.1 Å². The Morgan fingerprint density at radius 1 is 1.42 bits per heavy atom. The highest BCUT2D eigenvalue weighted by molar-refractivity contribution is 9.10. The third-order valence-electron chi connectivity index (χ3n) is 3.51. The van der Waals surface area contributed by atoms with Crippen LogP contribution in [0.2, 0.25) is 0 Å². The number of nitrogens with one attached hydrogen (secondary N) is 1. The number of anilines is 1. The molecular formula is C15H24BrN3. The first-order valence-corrected chi connectivity index (χ1v) is 7.75. The molecule has 19 heavy (non-hydrogen) atoms. The van der Waals surface area contributed by atoms with Crippen LogP contribution in [0.1, 0.15) is 12.0 Å². The first kappa shape index (κ1) is 14.8. The van der Waals surface area contributed by atoms with Crippen molar-refractivity contribution in [3.05, 3.63) is 28.2 Å². The van der Waals surface area contributed by atoms with Crippen molar-refractivity contribution in [1.82, 2.24) is 10.2 Å². The van der Waals surface area contributed by atoms with Crippen LogP contribution in [0, 0.1) is 6.92 Å². The lowest BCUT2D eigenvalue weighted by molar-refractivity contribution is 0.346. The molecule has 1 N–H and O–H groups in total. The second-order valence-corrected chi connectivity index (χ2v) is 6.52. The van der Waals surface area contributed by atoms with Gasteiger partial charge in [0.2, 0.25) is 0 Å². The van der Waals surface area contributed by atoms with E-state index in [1.165, 1.54) is 22.1 Å². The fourth-order valence-electron chi connectivity index (χ4n) is 2.65. The molecule has 0 aromatic heterocycles. The fourth-order valence-corrected chi connectivity index (χ4v) is 3.39. The van der Waals surface area contributed by atoms with Gasteiger partial charge >= 0.3 is 0 Å². The largest absolute Gasteiger partial charge is 0.369 e. The van der Waals surface area contributed by atoms with E-state index in [4.69, 9.17) is 0 Å². The molecule has 0 spiro atoms. The molecule has 1 aromatic rings. The second kappa shape index (κ2) is 6.73. The molecule has 0 radical (unpaired) electrons. The van der Waals surface area contributed by atoms with Crippen molar-refractivity contribution in [2.75, 3.05) is 45.2 Å². The number of benzene rings is 1. The van der Waals surface area contributed by atoms with Crippen LogP contribution in [0.5, 0.6) is 0 Å². The van der Waals surface area contributed by atoms with Gasteiger partial charge in [0.1, 0.15) is 0 Å². The molecule has 0 aliphatic carbocycles. The van der Waals surface area contributed by atoms with Crippen molar-refractivity contribution in [1.29, 1.82) is 0 Å². The number of hydrogen-bond acceptors (Lipinski definition) is 3. The van der Waals surface area contributed by atoms with Gasteiger partial charge in [0, 0.05) is 30.1 Å². The Balaban J connectivity index is 2.13. The Hall–Kier alpha value is -0.580. The van der Waals surface area contributed by atoms with Gasteiger partial charge in [0.25, 0.3) is 0 Å². The first-order valence-electron chi connectivity index (χ1n) is 6.95. The maximum Gasteiger partial charge on any atom is 0.0511 e. The molecule has 4 heteroatoms. The van der Waals surface area contributed by atoms with Crippen LogP contribution in [-0.2, 0) is 0 Å². The number of nitrogens with zero attached hydrogens (tertiary/aromatic N) is 2. The Morgan fingerprint density at radius 3 is 2.89 bits per heavy atom. The molecular weight excluding hydrogens is 302 g/mol. The number of halogens is 1. The molecule has 1 fully saturated rings. The van der Waals surface area contributed by atoms with Crippen molar-refractivity contribution in [2.24, 2.45) is 0 Å². The lowest BCUT2D eigenvalue weighted by Crippen LogP contribution is -2.44. The molecule has 1 aliphatic heterocycles. The summed E-state index contributed by atoms with van der Waals surface area (Å²) in [5.74, 6) is 0. The molecule has 3 nitrogen and oxygen atoms in total. The van der Waals surface area contributed by atoms with Gasteiger partial charge in [0.05, 0.1) is 5.69 Å². The maximum absolute atomic E-state index is 3.71. The quantitative estimate of drug-likeness (QED) is 0.921. The normalized spacial score (nSPS) is 20.7. The zero-order valence-electron chi connectivity index (χ0n) is 12.1. The summed E-state index contributed by atoms with van der Waals surface area (Å²) >= 11 is 3.71. The summed E-state index contributed by atoms with van der Waals surface area (Å²) in [4.78, 5) is 4.75. The van der Waals surface area contributed by atoms with Crippen molar-refractivity contribution >= 4 is 21.6 Å².